The van der Waals surface area contributed by atoms with Crippen LogP contribution >= 0.6 is 0 Å². The van der Waals surface area contributed by atoms with Crippen molar-refractivity contribution in [2.45, 2.75) is 18.6 Å². The maximum Gasteiger partial charge on any atom is 0.471 e. The first-order valence-electron chi connectivity index (χ1n) is 3.81. The Kier molecular flexibility index (Phi) is 4.27. The van der Waals surface area contributed by atoms with E-state index in [0.717, 1.165) is 6.08 Å². The summed E-state index contributed by atoms with van der Waals surface area (Å²) in [6, 6.07) is 1.28. The Morgan fingerprint density at radius 2 is 2.07 bits per heavy atom. The molecule has 1 N–H and O–H groups in total. The summed E-state index contributed by atoms with van der Waals surface area (Å²) in [5, 5.41) is 9.78. The van der Waals surface area contributed by atoms with Crippen LogP contribution in [0.15, 0.2) is 12.2 Å². The van der Waals surface area contributed by atoms with Crippen LogP contribution < -0.4 is 5.32 Å². The van der Waals surface area contributed by atoms with E-state index in [0.29, 0.717) is 0 Å². The van der Waals surface area contributed by atoms with Crippen molar-refractivity contribution in [3.05, 3.63) is 12.2 Å². The highest BCUT2D eigenvalue weighted by molar-refractivity contribution is 5.83. The van der Waals surface area contributed by atoms with Gasteiger partial charge in [0.25, 0.3) is 0 Å². The third-order valence-corrected chi connectivity index (χ3v) is 1.46. The molecule has 15 heavy (non-hydrogen) atoms. The topological polar surface area (TPSA) is 52.9 Å². The second-order valence-corrected chi connectivity index (χ2v) is 2.67. The lowest BCUT2D eigenvalue weighted by atomic mass is 10.0. The van der Waals surface area contributed by atoms with Gasteiger partial charge in [0.05, 0.1) is 6.07 Å². The fourth-order valence-corrected chi connectivity index (χ4v) is 0.773. The third-order valence-electron chi connectivity index (χ3n) is 1.46. The zero-order valence-corrected chi connectivity index (χ0v) is 7.73. The fraction of sp³-hybridized carbons (Fsp3) is 0.500. The fourth-order valence-electron chi connectivity index (χ4n) is 0.773. The molecule has 0 aromatic heterocycles. The molecular weight excluding hydrogens is 216 g/mol. The maximum atomic E-state index is 12.4. The minimum Gasteiger partial charge on any atom is -0.325 e. The monoisotopic (exact) mass is 224 g/mol. The molecule has 0 rings (SSSR count). The standard InChI is InChI=1S/C8H8F4N2O/c1-2-3-7(4-9,5-13)14-6(15)8(10,11)12/h2-3H,4H2,1H3,(H,14,15). The molecular formula is C8H8F4N2O. The van der Waals surface area contributed by atoms with Crippen LogP contribution in [0.2, 0.25) is 0 Å². The number of halogens is 4. The third kappa shape index (κ3) is 3.58. The molecule has 7 heteroatoms. The van der Waals surface area contributed by atoms with Gasteiger partial charge in [-0.25, -0.2) is 4.39 Å². The van der Waals surface area contributed by atoms with Gasteiger partial charge in [-0.05, 0) is 13.0 Å². The van der Waals surface area contributed by atoms with Crippen molar-refractivity contribution in [1.29, 1.82) is 5.26 Å². The van der Waals surface area contributed by atoms with E-state index in [2.05, 4.69) is 0 Å². The lowest BCUT2D eigenvalue weighted by Gasteiger charge is -2.21. The summed E-state index contributed by atoms with van der Waals surface area (Å²) < 4.78 is 47.9. The molecule has 0 heterocycles. The van der Waals surface area contributed by atoms with Crippen LogP contribution in [0.5, 0.6) is 0 Å². The minimum absolute atomic E-state index is 0.858. The molecule has 0 radical (unpaired) electrons. The van der Waals surface area contributed by atoms with Gasteiger partial charge in [0.15, 0.2) is 5.54 Å². The number of allylic oxidation sites excluding steroid dienone is 1. The van der Waals surface area contributed by atoms with Gasteiger partial charge in [0.2, 0.25) is 0 Å². The molecule has 1 amide bonds. The van der Waals surface area contributed by atoms with Gasteiger partial charge in [-0.2, -0.15) is 18.4 Å². The summed E-state index contributed by atoms with van der Waals surface area (Å²) in [5.74, 6) is -2.35. The van der Waals surface area contributed by atoms with Crippen molar-refractivity contribution in [2.24, 2.45) is 0 Å². The highest BCUT2D eigenvalue weighted by atomic mass is 19.4. The second kappa shape index (κ2) is 4.77. The molecule has 0 aliphatic heterocycles. The quantitative estimate of drug-likeness (QED) is 0.583. The molecule has 0 saturated heterocycles. The Morgan fingerprint density at radius 1 is 1.53 bits per heavy atom. The van der Waals surface area contributed by atoms with Gasteiger partial charge in [-0.1, -0.05) is 6.08 Å². The summed E-state index contributed by atoms with van der Waals surface area (Å²) in [6.45, 7) is -0.0445. The normalized spacial score (nSPS) is 15.7. The zero-order valence-electron chi connectivity index (χ0n) is 7.73. The summed E-state index contributed by atoms with van der Waals surface area (Å²) in [6.07, 6.45) is -3.10. The Balaban J connectivity index is 4.87. The molecule has 0 aliphatic rings. The number of alkyl halides is 4. The van der Waals surface area contributed by atoms with Gasteiger partial charge < -0.3 is 5.32 Å². The number of hydrogen-bond acceptors (Lipinski definition) is 2. The number of nitrogens with zero attached hydrogens (tertiary/aromatic N) is 1. The molecule has 3 nitrogen and oxygen atoms in total. The molecule has 0 fully saturated rings. The predicted octanol–water partition coefficient (Wildman–Crippen LogP) is 1.47. The average Bonchev–Trinajstić information content (AvgIpc) is 2.15. The Morgan fingerprint density at radius 3 is 2.33 bits per heavy atom. The van der Waals surface area contributed by atoms with Crippen LogP contribution in [0.1, 0.15) is 6.92 Å². The number of carbonyl (C=O) groups excluding carboxylic acids is 1. The summed E-state index contributed by atoms with van der Waals surface area (Å²) in [7, 11) is 0. The first-order valence-corrected chi connectivity index (χ1v) is 3.81. The van der Waals surface area contributed by atoms with Crippen molar-refractivity contribution in [1.82, 2.24) is 5.32 Å². The Bertz CT molecular complexity index is 305. The smallest absolute Gasteiger partial charge is 0.325 e. The summed E-state index contributed by atoms with van der Waals surface area (Å²) >= 11 is 0. The number of rotatable bonds is 3. The number of hydrogen-bond donors (Lipinski definition) is 1. The average molecular weight is 224 g/mol. The Hall–Kier alpha value is -1.58. The lowest BCUT2D eigenvalue weighted by molar-refractivity contribution is -0.174. The maximum absolute atomic E-state index is 12.4. The predicted molar refractivity (Wildman–Crippen MR) is 43.3 cm³/mol. The van der Waals surface area contributed by atoms with Crippen molar-refractivity contribution in [3.63, 3.8) is 0 Å². The van der Waals surface area contributed by atoms with Crippen LogP contribution in [0, 0.1) is 11.3 Å². The minimum atomic E-state index is -5.14. The zero-order chi connectivity index (χ0) is 12.1. The molecule has 0 aliphatic carbocycles. The van der Waals surface area contributed by atoms with Crippen LogP contribution in [0.25, 0.3) is 0 Å². The molecule has 0 bridgehead atoms. The number of amides is 1. The van der Waals surface area contributed by atoms with E-state index >= 15 is 0 Å². The van der Waals surface area contributed by atoms with Crippen molar-refractivity contribution >= 4 is 5.91 Å². The van der Waals surface area contributed by atoms with E-state index in [4.69, 9.17) is 5.26 Å². The van der Waals surface area contributed by atoms with Crippen molar-refractivity contribution in [2.75, 3.05) is 6.67 Å². The highest BCUT2D eigenvalue weighted by Gasteiger charge is 2.43. The van der Waals surface area contributed by atoms with Crippen molar-refractivity contribution < 1.29 is 22.4 Å². The van der Waals surface area contributed by atoms with Crippen LogP contribution in [-0.4, -0.2) is 24.3 Å². The van der Waals surface area contributed by atoms with Gasteiger partial charge in [0, 0.05) is 0 Å². The van der Waals surface area contributed by atoms with Gasteiger partial charge in [-0.3, -0.25) is 4.79 Å². The van der Waals surface area contributed by atoms with Crippen LogP contribution in [0.3, 0.4) is 0 Å². The number of carbonyl (C=O) groups is 1. The van der Waals surface area contributed by atoms with E-state index in [1.54, 1.807) is 0 Å². The van der Waals surface area contributed by atoms with Crippen LogP contribution in [0.4, 0.5) is 17.6 Å². The number of nitriles is 1. The first kappa shape index (κ1) is 13.4. The first-order chi connectivity index (χ1) is 6.81. The molecule has 84 valence electrons. The highest BCUT2D eigenvalue weighted by Crippen LogP contribution is 2.17. The van der Waals surface area contributed by atoms with E-state index in [9.17, 15) is 22.4 Å². The molecule has 0 aromatic carbocycles. The molecule has 0 saturated carbocycles. The van der Waals surface area contributed by atoms with Crippen molar-refractivity contribution in [3.8, 4) is 6.07 Å². The van der Waals surface area contributed by atoms with Crippen LogP contribution in [-0.2, 0) is 4.79 Å². The molecule has 0 aromatic rings. The summed E-state index contributed by atoms with van der Waals surface area (Å²) in [4.78, 5) is 10.5. The largest absolute Gasteiger partial charge is 0.471 e. The van der Waals surface area contributed by atoms with Gasteiger partial charge in [-0.15, -0.1) is 0 Å². The van der Waals surface area contributed by atoms with Gasteiger partial charge >= 0.3 is 12.1 Å². The SMILES string of the molecule is CC=CC(C#N)(CF)NC(=O)C(F)(F)F. The lowest BCUT2D eigenvalue weighted by Crippen LogP contribution is -2.52. The summed E-state index contributed by atoms with van der Waals surface area (Å²) in [5.41, 5.74) is -2.25. The Labute approximate surface area is 83.4 Å². The number of nitrogens with one attached hydrogen (secondary N) is 1. The molecule has 0 spiro atoms. The molecule has 1 atom stereocenters. The van der Waals surface area contributed by atoms with E-state index in [1.807, 2.05) is 0 Å². The molecule has 1 unspecified atom stereocenters. The second-order valence-electron chi connectivity index (χ2n) is 2.67. The van der Waals surface area contributed by atoms with E-state index in [1.165, 1.54) is 24.4 Å². The van der Waals surface area contributed by atoms with E-state index in [-0.39, 0.29) is 0 Å². The van der Waals surface area contributed by atoms with E-state index < -0.39 is 24.3 Å². The van der Waals surface area contributed by atoms with Gasteiger partial charge in [0.1, 0.15) is 6.67 Å².